The number of ether oxygens (including phenoxy) is 3. The van der Waals surface area contributed by atoms with Crippen LogP contribution >= 0.6 is 0 Å². The Bertz CT molecular complexity index is 239. The van der Waals surface area contributed by atoms with E-state index in [4.69, 9.17) is 9.47 Å². The molecule has 1 amide bonds. The number of rotatable bonds is 9. The maximum atomic E-state index is 11.9. The van der Waals surface area contributed by atoms with E-state index in [2.05, 4.69) is 4.74 Å². The van der Waals surface area contributed by atoms with Gasteiger partial charge in [-0.2, -0.15) is 13.2 Å². The van der Waals surface area contributed by atoms with E-state index in [1.54, 1.807) is 13.8 Å². The zero-order valence-corrected chi connectivity index (χ0v) is 11.2. The van der Waals surface area contributed by atoms with Crippen molar-refractivity contribution in [3.05, 3.63) is 0 Å². The topological polar surface area (TPSA) is 48.0 Å². The van der Waals surface area contributed by atoms with Crippen LogP contribution in [0.25, 0.3) is 0 Å². The first-order chi connectivity index (χ1) is 8.90. The Kier molecular flexibility index (Phi) is 9.32. The zero-order chi connectivity index (χ0) is 14.7. The highest BCUT2D eigenvalue weighted by Crippen LogP contribution is 2.15. The van der Waals surface area contributed by atoms with E-state index in [1.807, 2.05) is 0 Å². The monoisotopic (exact) mass is 287 g/mol. The maximum absolute atomic E-state index is 11.9. The van der Waals surface area contributed by atoms with E-state index in [0.717, 1.165) is 4.90 Å². The molecule has 0 aromatic rings. The second-order valence-corrected chi connectivity index (χ2v) is 3.55. The second-order valence-electron chi connectivity index (χ2n) is 3.55. The van der Waals surface area contributed by atoms with Crippen LogP contribution in [0.4, 0.5) is 18.0 Å². The molecule has 0 unspecified atom stereocenters. The van der Waals surface area contributed by atoms with Gasteiger partial charge in [-0.3, -0.25) is 0 Å². The van der Waals surface area contributed by atoms with E-state index in [1.165, 1.54) is 0 Å². The van der Waals surface area contributed by atoms with Gasteiger partial charge in [-0.05, 0) is 13.8 Å². The fourth-order valence-electron chi connectivity index (χ4n) is 1.17. The van der Waals surface area contributed by atoms with Crippen molar-refractivity contribution in [2.75, 3.05) is 46.1 Å². The van der Waals surface area contributed by atoms with Gasteiger partial charge in [-0.15, -0.1) is 0 Å². The number of alkyl halides is 3. The maximum Gasteiger partial charge on any atom is 0.422 e. The summed E-state index contributed by atoms with van der Waals surface area (Å²) in [6.45, 7) is 3.72. The van der Waals surface area contributed by atoms with Gasteiger partial charge in [0.15, 0.2) is 6.61 Å². The highest BCUT2D eigenvalue weighted by molar-refractivity contribution is 5.67. The molecule has 0 spiro atoms. The van der Waals surface area contributed by atoms with Crippen LogP contribution in [0.2, 0.25) is 0 Å². The number of carbonyl (C=O) groups excluding carboxylic acids is 1. The molecule has 0 rings (SSSR count). The zero-order valence-electron chi connectivity index (χ0n) is 11.2. The summed E-state index contributed by atoms with van der Waals surface area (Å²) >= 11 is 0. The summed E-state index contributed by atoms with van der Waals surface area (Å²) in [6, 6.07) is 0. The minimum atomic E-state index is -4.53. The van der Waals surface area contributed by atoms with E-state index in [9.17, 15) is 18.0 Å². The Labute approximate surface area is 110 Å². The fraction of sp³-hybridized carbons (Fsp3) is 0.909. The number of nitrogens with zero attached hydrogens (tertiary/aromatic N) is 1. The van der Waals surface area contributed by atoms with Crippen LogP contribution in [0.15, 0.2) is 0 Å². The first kappa shape index (κ1) is 18.0. The van der Waals surface area contributed by atoms with Gasteiger partial charge >= 0.3 is 12.3 Å². The van der Waals surface area contributed by atoms with Crippen molar-refractivity contribution >= 4 is 6.09 Å². The van der Waals surface area contributed by atoms with Crippen LogP contribution in [-0.2, 0) is 14.2 Å². The lowest BCUT2D eigenvalue weighted by molar-refractivity contribution is -0.162. The highest BCUT2D eigenvalue weighted by Gasteiger charge is 2.30. The van der Waals surface area contributed by atoms with Crippen molar-refractivity contribution in [1.82, 2.24) is 4.90 Å². The van der Waals surface area contributed by atoms with Gasteiger partial charge in [0.05, 0.1) is 13.2 Å². The molecular weight excluding hydrogens is 267 g/mol. The van der Waals surface area contributed by atoms with Gasteiger partial charge in [0, 0.05) is 26.3 Å². The van der Waals surface area contributed by atoms with Crippen LogP contribution < -0.4 is 0 Å². The second kappa shape index (κ2) is 9.85. The van der Waals surface area contributed by atoms with Crippen molar-refractivity contribution in [3.63, 3.8) is 0 Å². The number of amides is 1. The minimum absolute atomic E-state index is 0.164. The Balaban J connectivity index is 4.15. The third-order valence-electron chi connectivity index (χ3n) is 2.04. The van der Waals surface area contributed by atoms with Gasteiger partial charge < -0.3 is 19.1 Å². The third kappa shape index (κ3) is 10.6. The lowest BCUT2D eigenvalue weighted by atomic mass is 10.5. The number of hydrogen-bond acceptors (Lipinski definition) is 4. The number of carbonyl (C=O) groups is 1. The van der Waals surface area contributed by atoms with Gasteiger partial charge in [-0.25, -0.2) is 4.79 Å². The van der Waals surface area contributed by atoms with Gasteiger partial charge in [0.25, 0.3) is 0 Å². The summed E-state index contributed by atoms with van der Waals surface area (Å²) in [5, 5.41) is 0. The molecule has 0 fully saturated rings. The Morgan fingerprint density at radius 2 is 1.53 bits per heavy atom. The molecule has 0 radical (unpaired) electrons. The predicted molar refractivity (Wildman–Crippen MR) is 62.0 cm³/mol. The minimum Gasteiger partial charge on any atom is -0.440 e. The SMILES string of the molecule is CCOCCN(CCOCC)C(=O)OCC(F)(F)F. The largest absolute Gasteiger partial charge is 0.440 e. The van der Waals surface area contributed by atoms with Crippen molar-refractivity contribution < 1.29 is 32.2 Å². The Morgan fingerprint density at radius 1 is 1.05 bits per heavy atom. The quantitative estimate of drug-likeness (QED) is 0.609. The molecule has 19 heavy (non-hydrogen) atoms. The molecule has 0 heterocycles. The van der Waals surface area contributed by atoms with Crippen LogP contribution in [0, 0.1) is 0 Å². The van der Waals surface area contributed by atoms with Gasteiger partial charge in [0.2, 0.25) is 0 Å². The molecule has 0 N–H and O–H groups in total. The molecule has 0 saturated carbocycles. The molecule has 8 heteroatoms. The summed E-state index contributed by atoms with van der Waals surface area (Å²) < 4.78 is 50.1. The summed E-state index contributed by atoms with van der Waals surface area (Å²) in [6.07, 6.45) is -5.54. The Hall–Kier alpha value is -1.02. The van der Waals surface area contributed by atoms with E-state index in [0.29, 0.717) is 13.2 Å². The van der Waals surface area contributed by atoms with Crippen LogP contribution in [0.1, 0.15) is 13.8 Å². The van der Waals surface area contributed by atoms with Crippen LogP contribution in [0.5, 0.6) is 0 Å². The van der Waals surface area contributed by atoms with E-state index >= 15 is 0 Å². The first-order valence-corrected chi connectivity index (χ1v) is 6.04. The highest BCUT2D eigenvalue weighted by atomic mass is 19.4. The molecule has 0 saturated heterocycles. The molecule has 0 bridgehead atoms. The summed E-state index contributed by atoms with van der Waals surface area (Å²) in [5.74, 6) is 0. The standard InChI is InChI=1S/C11H20F3NO4/c1-3-17-7-5-15(6-8-18-4-2)10(16)19-9-11(12,13)14/h3-9H2,1-2H3. The van der Waals surface area contributed by atoms with Gasteiger partial charge in [-0.1, -0.05) is 0 Å². The van der Waals surface area contributed by atoms with Crippen LogP contribution in [0.3, 0.4) is 0 Å². The summed E-state index contributed by atoms with van der Waals surface area (Å²) in [5.41, 5.74) is 0. The lowest BCUT2D eigenvalue weighted by Gasteiger charge is -2.22. The van der Waals surface area contributed by atoms with Crippen molar-refractivity contribution in [2.45, 2.75) is 20.0 Å². The number of halogens is 3. The average molecular weight is 287 g/mol. The Morgan fingerprint density at radius 3 is 1.89 bits per heavy atom. The molecule has 0 aromatic heterocycles. The third-order valence-corrected chi connectivity index (χ3v) is 2.04. The molecule has 5 nitrogen and oxygen atoms in total. The molecule has 0 aliphatic carbocycles. The molecule has 0 aromatic carbocycles. The van der Waals surface area contributed by atoms with Crippen molar-refractivity contribution in [3.8, 4) is 0 Å². The molecule has 0 aliphatic rings. The fourth-order valence-corrected chi connectivity index (χ4v) is 1.17. The summed E-state index contributed by atoms with van der Waals surface area (Å²) in [4.78, 5) is 12.6. The van der Waals surface area contributed by atoms with Crippen LogP contribution in [-0.4, -0.2) is 63.3 Å². The van der Waals surface area contributed by atoms with E-state index < -0.39 is 18.9 Å². The lowest BCUT2D eigenvalue weighted by Crippen LogP contribution is -2.38. The molecular formula is C11H20F3NO4. The average Bonchev–Trinajstić information content (AvgIpc) is 2.33. The number of hydrogen-bond donors (Lipinski definition) is 0. The smallest absolute Gasteiger partial charge is 0.422 e. The van der Waals surface area contributed by atoms with E-state index in [-0.39, 0.29) is 26.3 Å². The molecule has 0 aliphatic heterocycles. The predicted octanol–water partition coefficient (Wildman–Crippen LogP) is 2.06. The van der Waals surface area contributed by atoms with Gasteiger partial charge in [0.1, 0.15) is 0 Å². The summed E-state index contributed by atoms with van der Waals surface area (Å²) in [7, 11) is 0. The van der Waals surface area contributed by atoms with Crippen molar-refractivity contribution in [2.24, 2.45) is 0 Å². The molecule has 0 atom stereocenters. The first-order valence-electron chi connectivity index (χ1n) is 6.04. The normalized spacial score (nSPS) is 11.4. The molecule has 114 valence electrons. The van der Waals surface area contributed by atoms with Crippen molar-refractivity contribution in [1.29, 1.82) is 0 Å².